The zero-order valence-electron chi connectivity index (χ0n) is 13.0. The van der Waals surface area contributed by atoms with Gasteiger partial charge in [0.15, 0.2) is 0 Å². The molecular weight excluding hydrogens is 312 g/mol. The van der Waals surface area contributed by atoms with Crippen LogP contribution in [-0.2, 0) is 4.79 Å². The molecule has 0 aliphatic heterocycles. The molecule has 2 amide bonds. The van der Waals surface area contributed by atoms with Crippen molar-refractivity contribution in [2.45, 2.75) is 4.90 Å². The summed E-state index contributed by atoms with van der Waals surface area (Å²) in [4.78, 5) is 24.4. The fraction of sp³-hybridized carbons (Fsp3) is 0.176. The lowest BCUT2D eigenvalue weighted by Gasteiger charge is -2.07. The third kappa shape index (κ3) is 5.03. The molecule has 0 unspecified atom stereocenters. The number of thioether (sulfide) groups is 1. The van der Waals surface area contributed by atoms with E-state index in [1.54, 1.807) is 38.4 Å². The topological polar surface area (TPSA) is 67.4 Å². The molecule has 2 aromatic carbocycles. The van der Waals surface area contributed by atoms with E-state index in [1.807, 2.05) is 24.3 Å². The van der Waals surface area contributed by atoms with Gasteiger partial charge in [0.1, 0.15) is 5.75 Å². The first-order chi connectivity index (χ1) is 11.1. The zero-order valence-corrected chi connectivity index (χ0v) is 13.8. The van der Waals surface area contributed by atoms with Crippen LogP contribution in [0.3, 0.4) is 0 Å². The fourth-order valence-electron chi connectivity index (χ4n) is 1.87. The summed E-state index contributed by atoms with van der Waals surface area (Å²) >= 11 is 1.45. The first-order valence-corrected chi connectivity index (χ1v) is 8.00. The molecule has 23 heavy (non-hydrogen) atoms. The Bertz CT molecular complexity index is 669. The number of nitrogens with one attached hydrogen (secondary N) is 2. The molecule has 0 heterocycles. The van der Waals surface area contributed by atoms with E-state index in [1.165, 1.54) is 11.8 Å². The van der Waals surface area contributed by atoms with Gasteiger partial charge in [0.2, 0.25) is 5.91 Å². The van der Waals surface area contributed by atoms with E-state index in [-0.39, 0.29) is 11.8 Å². The summed E-state index contributed by atoms with van der Waals surface area (Å²) in [5, 5.41) is 5.35. The van der Waals surface area contributed by atoms with Gasteiger partial charge in [-0.25, -0.2) is 0 Å². The minimum Gasteiger partial charge on any atom is -0.497 e. The first kappa shape index (κ1) is 16.9. The number of hydrogen-bond acceptors (Lipinski definition) is 4. The van der Waals surface area contributed by atoms with Crippen LogP contribution in [0.5, 0.6) is 5.75 Å². The summed E-state index contributed by atoms with van der Waals surface area (Å²) < 4.78 is 5.09. The number of ether oxygens (including phenoxy) is 1. The highest BCUT2D eigenvalue weighted by atomic mass is 32.2. The second-order valence-corrected chi connectivity index (χ2v) is 5.72. The number of amides is 2. The number of carbonyl (C=O) groups is 2. The number of anilines is 1. The normalized spacial score (nSPS) is 10.0. The summed E-state index contributed by atoms with van der Waals surface area (Å²) in [5.74, 6) is 0.843. The molecule has 0 aliphatic rings. The lowest BCUT2D eigenvalue weighted by Crippen LogP contribution is -2.18. The number of benzene rings is 2. The van der Waals surface area contributed by atoms with Crippen LogP contribution in [0.2, 0.25) is 0 Å². The lowest BCUT2D eigenvalue weighted by molar-refractivity contribution is -0.113. The average Bonchev–Trinajstić information content (AvgIpc) is 2.60. The molecule has 2 rings (SSSR count). The fourth-order valence-corrected chi connectivity index (χ4v) is 2.57. The molecule has 120 valence electrons. The van der Waals surface area contributed by atoms with Crippen molar-refractivity contribution in [1.82, 2.24) is 5.32 Å². The van der Waals surface area contributed by atoms with Crippen molar-refractivity contribution in [3.63, 3.8) is 0 Å². The Kier molecular flexibility index (Phi) is 6.05. The Morgan fingerprint density at radius 2 is 1.70 bits per heavy atom. The number of methoxy groups -OCH3 is 1. The van der Waals surface area contributed by atoms with Gasteiger partial charge in [-0.15, -0.1) is 11.8 Å². The molecule has 6 heteroatoms. The molecule has 0 spiro atoms. The molecule has 2 aromatic rings. The van der Waals surface area contributed by atoms with Gasteiger partial charge >= 0.3 is 0 Å². The number of hydrogen-bond donors (Lipinski definition) is 2. The van der Waals surface area contributed by atoms with Crippen molar-refractivity contribution >= 4 is 29.3 Å². The van der Waals surface area contributed by atoms with E-state index in [4.69, 9.17) is 4.74 Å². The Labute approximate surface area is 139 Å². The van der Waals surface area contributed by atoms with Crippen LogP contribution in [0.4, 0.5) is 5.69 Å². The van der Waals surface area contributed by atoms with Gasteiger partial charge in [-0.3, -0.25) is 9.59 Å². The number of rotatable bonds is 6. The maximum atomic E-state index is 11.9. The Hall–Kier alpha value is -2.47. The van der Waals surface area contributed by atoms with Gasteiger partial charge in [0.25, 0.3) is 5.91 Å². The van der Waals surface area contributed by atoms with Crippen molar-refractivity contribution in [2.24, 2.45) is 0 Å². The van der Waals surface area contributed by atoms with Crippen molar-refractivity contribution in [3.8, 4) is 5.75 Å². The van der Waals surface area contributed by atoms with Gasteiger partial charge in [0.05, 0.1) is 12.9 Å². The first-order valence-electron chi connectivity index (χ1n) is 7.01. The molecular formula is C17H18N2O3S. The standard InChI is InChI=1S/C17H18N2O3S/c1-18-17(21)12-3-5-13(6-4-12)19-16(20)11-23-15-9-7-14(22-2)8-10-15/h3-10H,11H2,1-2H3,(H,18,21)(H,19,20). The highest BCUT2D eigenvalue weighted by Gasteiger charge is 2.06. The van der Waals surface area contributed by atoms with Crippen LogP contribution < -0.4 is 15.4 Å². The van der Waals surface area contributed by atoms with E-state index < -0.39 is 0 Å². The largest absolute Gasteiger partial charge is 0.497 e. The van der Waals surface area contributed by atoms with Gasteiger partial charge in [0, 0.05) is 23.2 Å². The molecule has 0 saturated heterocycles. The van der Waals surface area contributed by atoms with Crippen LogP contribution in [0.15, 0.2) is 53.4 Å². The summed E-state index contributed by atoms with van der Waals surface area (Å²) in [5.41, 5.74) is 1.22. The molecule has 0 saturated carbocycles. The van der Waals surface area contributed by atoms with E-state index in [2.05, 4.69) is 10.6 Å². The average molecular weight is 330 g/mol. The number of carbonyl (C=O) groups excluding carboxylic acids is 2. The molecule has 0 bridgehead atoms. The summed E-state index contributed by atoms with van der Waals surface area (Å²) in [7, 11) is 3.19. The summed E-state index contributed by atoms with van der Waals surface area (Å²) in [6, 6.07) is 14.3. The van der Waals surface area contributed by atoms with Crippen molar-refractivity contribution in [2.75, 3.05) is 25.2 Å². The summed E-state index contributed by atoms with van der Waals surface area (Å²) in [6.45, 7) is 0. The second kappa shape index (κ2) is 8.24. The third-order valence-electron chi connectivity index (χ3n) is 3.09. The predicted octanol–water partition coefficient (Wildman–Crippen LogP) is 2.79. The Morgan fingerprint density at radius 3 is 2.26 bits per heavy atom. The van der Waals surface area contributed by atoms with Crippen molar-refractivity contribution < 1.29 is 14.3 Å². The summed E-state index contributed by atoms with van der Waals surface area (Å²) in [6.07, 6.45) is 0. The highest BCUT2D eigenvalue weighted by molar-refractivity contribution is 8.00. The predicted molar refractivity (Wildman–Crippen MR) is 92.2 cm³/mol. The molecule has 0 aromatic heterocycles. The van der Waals surface area contributed by atoms with Gasteiger partial charge in [-0.2, -0.15) is 0 Å². The van der Waals surface area contributed by atoms with Gasteiger partial charge in [-0.1, -0.05) is 0 Å². The van der Waals surface area contributed by atoms with Gasteiger partial charge in [-0.05, 0) is 48.5 Å². The quantitative estimate of drug-likeness (QED) is 0.799. The molecule has 0 fully saturated rings. The van der Waals surface area contributed by atoms with Crippen LogP contribution in [0, 0.1) is 0 Å². The van der Waals surface area contributed by atoms with Crippen LogP contribution >= 0.6 is 11.8 Å². The van der Waals surface area contributed by atoms with E-state index >= 15 is 0 Å². The minimum atomic E-state index is -0.155. The van der Waals surface area contributed by atoms with Crippen molar-refractivity contribution in [3.05, 3.63) is 54.1 Å². The van der Waals surface area contributed by atoms with Crippen LogP contribution in [-0.4, -0.2) is 31.7 Å². The monoisotopic (exact) mass is 330 g/mol. The van der Waals surface area contributed by atoms with Crippen LogP contribution in [0.1, 0.15) is 10.4 Å². The minimum absolute atomic E-state index is 0.0986. The Balaban J connectivity index is 1.85. The lowest BCUT2D eigenvalue weighted by atomic mass is 10.2. The maximum absolute atomic E-state index is 11.9. The third-order valence-corrected chi connectivity index (χ3v) is 4.10. The van der Waals surface area contributed by atoms with E-state index in [0.717, 1.165) is 10.6 Å². The van der Waals surface area contributed by atoms with Crippen molar-refractivity contribution in [1.29, 1.82) is 0 Å². The second-order valence-electron chi connectivity index (χ2n) is 4.67. The highest BCUT2D eigenvalue weighted by Crippen LogP contribution is 2.21. The molecule has 2 N–H and O–H groups in total. The molecule has 0 aliphatic carbocycles. The van der Waals surface area contributed by atoms with Crippen LogP contribution in [0.25, 0.3) is 0 Å². The molecule has 0 radical (unpaired) electrons. The van der Waals surface area contributed by atoms with Gasteiger partial charge < -0.3 is 15.4 Å². The maximum Gasteiger partial charge on any atom is 0.251 e. The molecule has 0 atom stereocenters. The van der Waals surface area contributed by atoms with E-state index in [0.29, 0.717) is 17.0 Å². The molecule has 5 nitrogen and oxygen atoms in total. The van der Waals surface area contributed by atoms with E-state index in [9.17, 15) is 9.59 Å². The zero-order chi connectivity index (χ0) is 16.7. The SMILES string of the molecule is CNC(=O)c1ccc(NC(=O)CSc2ccc(OC)cc2)cc1. The Morgan fingerprint density at radius 1 is 1.04 bits per heavy atom. The smallest absolute Gasteiger partial charge is 0.251 e.